The summed E-state index contributed by atoms with van der Waals surface area (Å²) < 4.78 is 31.6. The van der Waals surface area contributed by atoms with Gasteiger partial charge >= 0.3 is 10.4 Å². The standard InChI is InChI=1S/C5H5N5.H2O4S.H2S/c6-4-3-5(9-1-7-3)10-2-8-4;1-5(2,3)4;/h1-2H,(H3,6,7,8,9,10);(H2,1,2,3,4);1H2. The van der Waals surface area contributed by atoms with Crippen molar-refractivity contribution in [3.05, 3.63) is 12.7 Å². The van der Waals surface area contributed by atoms with Crippen LogP contribution in [-0.4, -0.2) is 37.5 Å². The minimum Gasteiger partial charge on any atom is -0.382 e. The molecule has 2 heterocycles. The van der Waals surface area contributed by atoms with Crippen LogP contribution in [0.15, 0.2) is 12.7 Å². The average molecular weight is 267 g/mol. The number of fused-ring (bicyclic) bond motifs is 1. The quantitative estimate of drug-likeness (QED) is 0.461. The summed E-state index contributed by atoms with van der Waals surface area (Å²) in [6.45, 7) is 0. The first kappa shape index (κ1) is 14.6. The predicted octanol–water partition coefficient (Wildman–Crippen LogP) is -0.605. The average Bonchev–Trinajstić information content (AvgIpc) is 2.49. The van der Waals surface area contributed by atoms with E-state index in [1.807, 2.05) is 0 Å². The van der Waals surface area contributed by atoms with Crippen molar-refractivity contribution in [3.8, 4) is 0 Å². The monoisotopic (exact) mass is 267 g/mol. The number of hydrogen-bond donors (Lipinski definition) is 4. The number of nitrogens with one attached hydrogen (secondary N) is 1. The first-order valence-corrected chi connectivity index (χ1v) is 4.87. The Balaban J connectivity index is 0.000000330. The summed E-state index contributed by atoms with van der Waals surface area (Å²) in [6, 6.07) is 0. The molecule has 16 heavy (non-hydrogen) atoms. The highest BCUT2D eigenvalue weighted by Gasteiger charge is 1.99. The van der Waals surface area contributed by atoms with Crippen molar-refractivity contribution in [3.63, 3.8) is 0 Å². The maximum atomic E-state index is 8.74. The number of nitrogens with zero attached hydrogens (tertiary/aromatic N) is 3. The molecule has 0 radical (unpaired) electrons. The summed E-state index contributed by atoms with van der Waals surface area (Å²) in [5.74, 6) is 0.433. The Kier molecular flexibility index (Phi) is 5.10. The summed E-state index contributed by atoms with van der Waals surface area (Å²) in [5.41, 5.74) is 6.78. The largest absolute Gasteiger partial charge is 0.394 e. The molecular weight excluding hydrogens is 258 g/mol. The Morgan fingerprint density at radius 1 is 1.25 bits per heavy atom. The maximum absolute atomic E-state index is 8.74. The lowest BCUT2D eigenvalue weighted by Gasteiger charge is -1.89. The van der Waals surface area contributed by atoms with E-state index in [1.165, 1.54) is 12.7 Å². The zero-order chi connectivity index (χ0) is 11.5. The van der Waals surface area contributed by atoms with Crippen molar-refractivity contribution < 1.29 is 17.5 Å². The Labute approximate surface area is 97.2 Å². The van der Waals surface area contributed by atoms with Crippen LogP contribution in [-0.2, 0) is 10.4 Å². The van der Waals surface area contributed by atoms with Crippen LogP contribution in [0.3, 0.4) is 0 Å². The Hall–Kier alpha value is -1.43. The minimum absolute atomic E-state index is 0. The van der Waals surface area contributed by atoms with Gasteiger partial charge < -0.3 is 10.7 Å². The molecule has 0 fully saturated rings. The Morgan fingerprint density at radius 3 is 2.31 bits per heavy atom. The summed E-state index contributed by atoms with van der Waals surface area (Å²) >= 11 is 0. The maximum Gasteiger partial charge on any atom is 0.394 e. The molecule has 90 valence electrons. The van der Waals surface area contributed by atoms with Crippen LogP contribution in [0.25, 0.3) is 11.2 Å². The highest BCUT2D eigenvalue weighted by Crippen LogP contribution is 2.09. The van der Waals surface area contributed by atoms with Gasteiger partial charge in [0, 0.05) is 0 Å². The zero-order valence-electron chi connectivity index (χ0n) is 7.69. The molecule has 0 bridgehead atoms. The number of imidazole rings is 1. The highest BCUT2D eigenvalue weighted by atomic mass is 32.3. The molecular formula is C5H9N5O4S2. The first-order valence-electron chi connectivity index (χ1n) is 3.47. The second kappa shape index (κ2) is 5.60. The fourth-order valence-electron chi connectivity index (χ4n) is 0.784. The van der Waals surface area contributed by atoms with E-state index >= 15 is 0 Å². The van der Waals surface area contributed by atoms with E-state index in [9.17, 15) is 0 Å². The summed E-state index contributed by atoms with van der Waals surface area (Å²) in [5, 5.41) is 0. The molecule has 0 saturated heterocycles. The lowest BCUT2D eigenvalue weighted by Crippen LogP contribution is -1.91. The van der Waals surface area contributed by atoms with Crippen molar-refractivity contribution >= 4 is 40.9 Å². The molecule has 0 aliphatic rings. The van der Waals surface area contributed by atoms with Crippen LogP contribution >= 0.6 is 13.5 Å². The highest BCUT2D eigenvalue weighted by molar-refractivity contribution is 7.79. The zero-order valence-corrected chi connectivity index (χ0v) is 9.51. The first-order chi connectivity index (χ1) is 6.88. The van der Waals surface area contributed by atoms with Crippen molar-refractivity contribution in [2.45, 2.75) is 0 Å². The van der Waals surface area contributed by atoms with Crippen LogP contribution in [0.1, 0.15) is 0 Å². The van der Waals surface area contributed by atoms with Gasteiger partial charge in [0.25, 0.3) is 0 Å². The number of aromatic amines is 1. The topological polar surface area (TPSA) is 155 Å². The van der Waals surface area contributed by atoms with E-state index in [4.69, 9.17) is 23.3 Å². The van der Waals surface area contributed by atoms with Gasteiger partial charge in [-0.2, -0.15) is 21.9 Å². The van der Waals surface area contributed by atoms with Crippen LogP contribution in [0.2, 0.25) is 0 Å². The lowest BCUT2D eigenvalue weighted by atomic mass is 10.5. The number of H-pyrrole nitrogens is 1. The van der Waals surface area contributed by atoms with Crippen LogP contribution in [0.5, 0.6) is 0 Å². The van der Waals surface area contributed by atoms with E-state index in [1.54, 1.807) is 0 Å². The molecule has 9 nitrogen and oxygen atoms in total. The van der Waals surface area contributed by atoms with Crippen molar-refractivity contribution in [2.24, 2.45) is 0 Å². The van der Waals surface area contributed by atoms with Gasteiger partial charge in [-0.05, 0) is 0 Å². The predicted molar refractivity (Wildman–Crippen MR) is 60.7 cm³/mol. The van der Waals surface area contributed by atoms with Crippen molar-refractivity contribution in [2.75, 3.05) is 5.73 Å². The molecule has 2 rings (SSSR count). The van der Waals surface area contributed by atoms with Crippen LogP contribution < -0.4 is 5.73 Å². The minimum atomic E-state index is -4.67. The van der Waals surface area contributed by atoms with Gasteiger partial charge in [0.05, 0.1) is 6.33 Å². The molecule has 0 saturated carbocycles. The Morgan fingerprint density at radius 2 is 1.81 bits per heavy atom. The van der Waals surface area contributed by atoms with Gasteiger partial charge in [0.2, 0.25) is 0 Å². The van der Waals surface area contributed by atoms with Gasteiger partial charge in [-0.15, -0.1) is 0 Å². The van der Waals surface area contributed by atoms with Crippen molar-refractivity contribution in [1.82, 2.24) is 19.9 Å². The van der Waals surface area contributed by atoms with E-state index in [2.05, 4.69) is 19.9 Å². The fraction of sp³-hybridized carbons (Fsp3) is 0. The number of nitrogen functional groups attached to an aromatic ring is 1. The Bertz CT molecular complexity index is 545. The molecule has 0 aliphatic heterocycles. The number of hydrogen-bond acceptors (Lipinski definition) is 6. The molecule has 0 amide bonds. The number of nitrogens with two attached hydrogens (primary N) is 1. The summed E-state index contributed by atoms with van der Waals surface area (Å²) in [4.78, 5) is 14.4. The molecule has 2 aromatic heterocycles. The van der Waals surface area contributed by atoms with Gasteiger partial charge in [0.1, 0.15) is 11.8 Å². The van der Waals surface area contributed by atoms with E-state index < -0.39 is 10.4 Å². The summed E-state index contributed by atoms with van der Waals surface area (Å²) in [6.07, 6.45) is 2.92. The van der Waals surface area contributed by atoms with E-state index in [0.29, 0.717) is 17.0 Å². The second-order valence-corrected chi connectivity index (χ2v) is 3.20. The van der Waals surface area contributed by atoms with Gasteiger partial charge in [-0.1, -0.05) is 0 Å². The van der Waals surface area contributed by atoms with E-state index in [0.717, 1.165) is 0 Å². The molecule has 2 aromatic rings. The lowest BCUT2D eigenvalue weighted by molar-refractivity contribution is 0.381. The molecule has 5 N–H and O–H groups in total. The van der Waals surface area contributed by atoms with Crippen LogP contribution in [0.4, 0.5) is 5.82 Å². The van der Waals surface area contributed by atoms with Gasteiger partial charge in [0.15, 0.2) is 11.5 Å². The molecule has 0 atom stereocenters. The third-order valence-corrected chi connectivity index (χ3v) is 1.25. The van der Waals surface area contributed by atoms with E-state index in [-0.39, 0.29) is 13.5 Å². The molecule has 11 heteroatoms. The molecule has 0 aliphatic carbocycles. The van der Waals surface area contributed by atoms with Gasteiger partial charge in [-0.25, -0.2) is 15.0 Å². The number of rotatable bonds is 0. The molecule has 0 spiro atoms. The SMILES string of the molecule is Nc1ncnc2nc[nH]c12.O=S(=O)(O)O.S. The fourth-order valence-corrected chi connectivity index (χ4v) is 0.784. The summed E-state index contributed by atoms with van der Waals surface area (Å²) in [7, 11) is -4.67. The van der Waals surface area contributed by atoms with Gasteiger partial charge in [-0.3, -0.25) is 9.11 Å². The third-order valence-electron chi connectivity index (χ3n) is 1.25. The third kappa shape index (κ3) is 4.88. The van der Waals surface area contributed by atoms with Crippen molar-refractivity contribution in [1.29, 1.82) is 0 Å². The number of aromatic nitrogens is 4. The second-order valence-electron chi connectivity index (χ2n) is 2.31. The smallest absolute Gasteiger partial charge is 0.382 e. The van der Waals surface area contributed by atoms with Crippen LogP contribution in [0, 0.1) is 0 Å². The normalized spacial score (nSPS) is 10.1. The number of anilines is 1. The molecule has 0 aromatic carbocycles. The molecule has 0 unspecified atom stereocenters.